The molecule has 0 saturated heterocycles. The highest BCUT2D eigenvalue weighted by Gasteiger charge is 2.12. The smallest absolute Gasteiger partial charge is 0.185 e. The van der Waals surface area contributed by atoms with Crippen molar-refractivity contribution in [2.45, 2.75) is 53.5 Å². The van der Waals surface area contributed by atoms with Crippen molar-refractivity contribution in [3.8, 4) is 0 Å². The molecular formula is C15H29N3S. The molecule has 3 nitrogen and oxygen atoms in total. The standard InChI is InChI=1S/C15H29N3S/c1-6-9-16-11-14-13(7-2)17-15(19-14)18(5)10-8-12(3)4/h12,16H,6-11H2,1-5H3. The third kappa shape index (κ3) is 5.49. The van der Waals surface area contributed by atoms with Crippen molar-refractivity contribution in [3.05, 3.63) is 10.6 Å². The number of aromatic nitrogens is 1. The molecule has 0 amide bonds. The van der Waals surface area contributed by atoms with Gasteiger partial charge in [-0.25, -0.2) is 4.98 Å². The molecule has 0 aromatic carbocycles. The highest BCUT2D eigenvalue weighted by Crippen LogP contribution is 2.26. The summed E-state index contributed by atoms with van der Waals surface area (Å²) in [4.78, 5) is 8.49. The Hall–Kier alpha value is -0.610. The number of hydrogen-bond donors (Lipinski definition) is 1. The van der Waals surface area contributed by atoms with Gasteiger partial charge in [-0.15, -0.1) is 11.3 Å². The molecule has 1 N–H and O–H groups in total. The second-order valence-electron chi connectivity index (χ2n) is 5.50. The van der Waals surface area contributed by atoms with Crippen LogP contribution >= 0.6 is 11.3 Å². The lowest BCUT2D eigenvalue weighted by molar-refractivity contribution is 0.585. The predicted molar refractivity (Wildman–Crippen MR) is 86.2 cm³/mol. The van der Waals surface area contributed by atoms with Gasteiger partial charge in [-0.1, -0.05) is 27.7 Å². The molecule has 4 heteroatoms. The van der Waals surface area contributed by atoms with Crippen LogP contribution in [0.3, 0.4) is 0 Å². The van der Waals surface area contributed by atoms with Crippen molar-refractivity contribution in [3.63, 3.8) is 0 Å². The van der Waals surface area contributed by atoms with E-state index in [1.807, 2.05) is 11.3 Å². The van der Waals surface area contributed by atoms with Gasteiger partial charge in [0.2, 0.25) is 0 Å². The van der Waals surface area contributed by atoms with Crippen LogP contribution in [-0.4, -0.2) is 25.1 Å². The zero-order valence-electron chi connectivity index (χ0n) is 13.1. The summed E-state index contributed by atoms with van der Waals surface area (Å²) in [6.45, 7) is 12.1. The molecule has 110 valence electrons. The van der Waals surface area contributed by atoms with E-state index in [-0.39, 0.29) is 0 Å². The first-order chi connectivity index (χ1) is 9.08. The van der Waals surface area contributed by atoms with Gasteiger partial charge in [-0.05, 0) is 31.7 Å². The first kappa shape index (κ1) is 16.4. The van der Waals surface area contributed by atoms with Crippen LogP contribution in [0.1, 0.15) is 51.1 Å². The van der Waals surface area contributed by atoms with Gasteiger partial charge in [-0.2, -0.15) is 0 Å². The van der Waals surface area contributed by atoms with Crippen molar-refractivity contribution in [1.29, 1.82) is 0 Å². The number of nitrogens with zero attached hydrogens (tertiary/aromatic N) is 2. The molecule has 1 aromatic rings. The van der Waals surface area contributed by atoms with Crippen LogP contribution in [0.25, 0.3) is 0 Å². The van der Waals surface area contributed by atoms with E-state index < -0.39 is 0 Å². The zero-order chi connectivity index (χ0) is 14.3. The fraction of sp³-hybridized carbons (Fsp3) is 0.800. The summed E-state index contributed by atoms with van der Waals surface area (Å²) in [5.41, 5.74) is 1.26. The van der Waals surface area contributed by atoms with E-state index in [2.05, 4.69) is 45.0 Å². The summed E-state index contributed by atoms with van der Waals surface area (Å²) in [6, 6.07) is 0. The van der Waals surface area contributed by atoms with Gasteiger partial charge in [0.25, 0.3) is 0 Å². The topological polar surface area (TPSA) is 28.2 Å². The zero-order valence-corrected chi connectivity index (χ0v) is 13.9. The molecule has 1 heterocycles. The quantitative estimate of drug-likeness (QED) is 0.701. The normalized spacial score (nSPS) is 11.3. The van der Waals surface area contributed by atoms with Gasteiger partial charge in [0, 0.05) is 25.0 Å². The summed E-state index contributed by atoms with van der Waals surface area (Å²) >= 11 is 1.85. The number of rotatable bonds is 9. The Kier molecular flexibility index (Phi) is 7.39. The maximum absolute atomic E-state index is 4.79. The molecule has 0 aliphatic rings. The Labute approximate surface area is 122 Å². The first-order valence-corrected chi connectivity index (χ1v) is 8.30. The van der Waals surface area contributed by atoms with Crippen LogP contribution in [0.2, 0.25) is 0 Å². The van der Waals surface area contributed by atoms with Crippen molar-refractivity contribution >= 4 is 16.5 Å². The van der Waals surface area contributed by atoms with E-state index in [9.17, 15) is 0 Å². The molecule has 0 fully saturated rings. The minimum atomic E-state index is 0.749. The maximum atomic E-state index is 4.79. The first-order valence-electron chi connectivity index (χ1n) is 7.48. The average molecular weight is 283 g/mol. The molecule has 1 aromatic heterocycles. The van der Waals surface area contributed by atoms with E-state index in [4.69, 9.17) is 4.98 Å². The van der Waals surface area contributed by atoms with E-state index in [0.29, 0.717) is 0 Å². The Balaban J connectivity index is 2.63. The SMILES string of the molecule is CCCNCc1sc(N(C)CCC(C)C)nc1CC. The second-order valence-corrected chi connectivity index (χ2v) is 6.56. The van der Waals surface area contributed by atoms with Gasteiger partial charge >= 0.3 is 0 Å². The molecule has 0 spiro atoms. The second kappa shape index (κ2) is 8.54. The number of hydrogen-bond acceptors (Lipinski definition) is 4. The fourth-order valence-corrected chi connectivity index (χ4v) is 2.98. The highest BCUT2D eigenvalue weighted by molar-refractivity contribution is 7.15. The third-order valence-corrected chi connectivity index (χ3v) is 4.39. The van der Waals surface area contributed by atoms with Gasteiger partial charge in [0.15, 0.2) is 5.13 Å². The molecule has 19 heavy (non-hydrogen) atoms. The van der Waals surface area contributed by atoms with Gasteiger partial charge in [0.1, 0.15) is 0 Å². The monoisotopic (exact) mass is 283 g/mol. The predicted octanol–water partition coefficient (Wildman–Crippen LogP) is 3.69. The van der Waals surface area contributed by atoms with Crippen LogP contribution < -0.4 is 10.2 Å². The molecular weight excluding hydrogens is 254 g/mol. The van der Waals surface area contributed by atoms with Gasteiger partial charge in [-0.3, -0.25) is 0 Å². The lowest BCUT2D eigenvalue weighted by Gasteiger charge is -2.16. The fourth-order valence-electron chi connectivity index (χ4n) is 1.87. The van der Waals surface area contributed by atoms with Crippen LogP contribution in [0.15, 0.2) is 0 Å². The molecule has 0 atom stereocenters. The van der Waals surface area contributed by atoms with Crippen LogP contribution in [0.5, 0.6) is 0 Å². The lowest BCUT2D eigenvalue weighted by Crippen LogP contribution is -2.19. The number of anilines is 1. The third-order valence-electron chi connectivity index (χ3n) is 3.18. The van der Waals surface area contributed by atoms with Gasteiger partial charge < -0.3 is 10.2 Å². The number of aryl methyl sites for hydroxylation is 1. The summed E-state index contributed by atoms with van der Waals surface area (Å²) in [5, 5.41) is 4.65. The van der Waals surface area contributed by atoms with Crippen LogP contribution in [0.4, 0.5) is 5.13 Å². The Morgan fingerprint density at radius 2 is 2.05 bits per heavy atom. The largest absolute Gasteiger partial charge is 0.351 e. The summed E-state index contributed by atoms with van der Waals surface area (Å²) < 4.78 is 0. The van der Waals surface area contributed by atoms with Crippen molar-refractivity contribution in [1.82, 2.24) is 10.3 Å². The Bertz CT molecular complexity index is 360. The molecule has 0 unspecified atom stereocenters. The molecule has 0 radical (unpaired) electrons. The Morgan fingerprint density at radius 1 is 1.32 bits per heavy atom. The van der Waals surface area contributed by atoms with E-state index >= 15 is 0 Å². The lowest BCUT2D eigenvalue weighted by atomic mass is 10.1. The van der Waals surface area contributed by atoms with E-state index in [1.54, 1.807) is 0 Å². The summed E-state index contributed by atoms with van der Waals surface area (Å²) in [5.74, 6) is 0.749. The minimum Gasteiger partial charge on any atom is -0.351 e. The van der Waals surface area contributed by atoms with E-state index in [1.165, 1.54) is 28.5 Å². The van der Waals surface area contributed by atoms with E-state index in [0.717, 1.165) is 32.0 Å². The number of nitrogens with one attached hydrogen (secondary N) is 1. The van der Waals surface area contributed by atoms with Crippen LogP contribution in [-0.2, 0) is 13.0 Å². The molecule has 0 aliphatic carbocycles. The molecule has 0 saturated carbocycles. The van der Waals surface area contributed by atoms with Crippen molar-refractivity contribution < 1.29 is 0 Å². The Morgan fingerprint density at radius 3 is 2.63 bits per heavy atom. The average Bonchev–Trinajstić information content (AvgIpc) is 2.79. The highest BCUT2D eigenvalue weighted by atomic mass is 32.1. The summed E-state index contributed by atoms with van der Waals surface area (Å²) in [7, 11) is 2.16. The van der Waals surface area contributed by atoms with Gasteiger partial charge in [0.05, 0.1) is 5.69 Å². The van der Waals surface area contributed by atoms with Crippen molar-refractivity contribution in [2.24, 2.45) is 5.92 Å². The molecule has 0 aliphatic heterocycles. The number of thiazole rings is 1. The molecule has 0 bridgehead atoms. The summed E-state index contributed by atoms with van der Waals surface area (Å²) in [6.07, 6.45) is 3.43. The molecule has 1 rings (SSSR count). The maximum Gasteiger partial charge on any atom is 0.185 e. The van der Waals surface area contributed by atoms with Crippen molar-refractivity contribution in [2.75, 3.05) is 25.0 Å². The van der Waals surface area contributed by atoms with Crippen LogP contribution in [0, 0.1) is 5.92 Å². The minimum absolute atomic E-state index is 0.749.